The number of allylic oxidation sites excluding steroid dienone is 2. The molecule has 0 spiro atoms. The van der Waals surface area contributed by atoms with E-state index < -0.39 is 0 Å². The molecule has 1 aliphatic rings. The monoisotopic (exact) mass is 626 g/mol. The maximum absolute atomic E-state index is 2.51. The zero-order valence-electron chi connectivity index (χ0n) is 29.1. The highest BCUT2D eigenvalue weighted by Crippen LogP contribution is 2.47. The number of hydrogen-bond acceptors (Lipinski definition) is 2. The lowest BCUT2D eigenvalue weighted by molar-refractivity contribution is 0.593. The Hall–Kier alpha value is -5.08. The predicted molar refractivity (Wildman–Crippen MR) is 209 cm³/mol. The Labute approximate surface area is 286 Å². The van der Waals surface area contributed by atoms with Gasteiger partial charge in [0.15, 0.2) is 0 Å². The van der Waals surface area contributed by atoms with Crippen molar-refractivity contribution in [2.45, 2.75) is 64.8 Å². The first-order valence-corrected chi connectivity index (χ1v) is 17.2. The summed E-state index contributed by atoms with van der Waals surface area (Å²) in [7, 11) is 0. The molecule has 0 N–H and O–H groups in total. The van der Waals surface area contributed by atoms with Crippen LogP contribution in [0.2, 0.25) is 0 Å². The summed E-state index contributed by atoms with van der Waals surface area (Å²) >= 11 is 0. The first-order valence-electron chi connectivity index (χ1n) is 17.2. The van der Waals surface area contributed by atoms with Crippen molar-refractivity contribution in [2.75, 3.05) is 9.80 Å². The van der Waals surface area contributed by atoms with E-state index in [4.69, 9.17) is 0 Å². The average Bonchev–Trinajstić information content (AvgIpc) is 3.08. The summed E-state index contributed by atoms with van der Waals surface area (Å²) in [6, 6.07) is 46.9. The van der Waals surface area contributed by atoms with Crippen LogP contribution in [-0.2, 0) is 10.8 Å². The molecule has 0 heterocycles. The van der Waals surface area contributed by atoms with Gasteiger partial charge in [0.1, 0.15) is 0 Å². The SMILES string of the molecule is CC(C)(C)c1c2ccc(N(c3ccccc3)c3ccccc3)cc2c(C(C)(C)C)c2cc(N(c3ccccc3)C3C=CC=CC3)ccc12. The third-order valence-electron chi connectivity index (χ3n) is 9.47. The van der Waals surface area contributed by atoms with E-state index in [-0.39, 0.29) is 16.9 Å². The van der Waals surface area contributed by atoms with Gasteiger partial charge in [0.05, 0.1) is 6.04 Å². The van der Waals surface area contributed by atoms with E-state index in [1.54, 1.807) is 0 Å². The van der Waals surface area contributed by atoms with Crippen LogP contribution in [-0.4, -0.2) is 6.04 Å². The van der Waals surface area contributed by atoms with Crippen molar-refractivity contribution in [3.8, 4) is 0 Å². The Bertz CT molecular complexity index is 2070. The fourth-order valence-corrected chi connectivity index (χ4v) is 7.59. The number of para-hydroxylation sites is 3. The number of nitrogens with zero attached hydrogens (tertiary/aromatic N) is 2. The van der Waals surface area contributed by atoms with Crippen molar-refractivity contribution >= 4 is 50.0 Å². The fourth-order valence-electron chi connectivity index (χ4n) is 7.59. The number of anilines is 5. The van der Waals surface area contributed by atoms with E-state index in [0.717, 1.165) is 23.5 Å². The zero-order chi connectivity index (χ0) is 33.5. The summed E-state index contributed by atoms with van der Waals surface area (Å²) in [5.74, 6) is 0. The Morgan fingerprint density at radius 1 is 0.458 bits per heavy atom. The molecule has 0 saturated heterocycles. The van der Waals surface area contributed by atoms with Crippen LogP contribution in [0, 0.1) is 0 Å². The van der Waals surface area contributed by atoms with Gasteiger partial charge in [-0.3, -0.25) is 0 Å². The summed E-state index contributed by atoms with van der Waals surface area (Å²) in [5, 5.41) is 5.32. The van der Waals surface area contributed by atoms with E-state index in [9.17, 15) is 0 Å². The highest BCUT2D eigenvalue weighted by molar-refractivity contribution is 6.09. The van der Waals surface area contributed by atoms with Crippen LogP contribution < -0.4 is 9.80 Å². The first kappa shape index (κ1) is 31.5. The van der Waals surface area contributed by atoms with Gasteiger partial charge in [0, 0.05) is 28.4 Å². The van der Waals surface area contributed by atoms with Crippen molar-refractivity contribution in [3.05, 3.63) is 163 Å². The normalized spacial score (nSPS) is 14.8. The number of fused-ring (bicyclic) bond motifs is 2. The molecule has 0 bridgehead atoms. The summed E-state index contributed by atoms with van der Waals surface area (Å²) in [6.07, 6.45) is 9.92. The molecular formula is C46H46N2. The van der Waals surface area contributed by atoms with Crippen LogP contribution in [0.3, 0.4) is 0 Å². The lowest BCUT2D eigenvalue weighted by Crippen LogP contribution is -2.29. The average molecular weight is 627 g/mol. The molecule has 0 fully saturated rings. The minimum atomic E-state index is -0.112. The lowest BCUT2D eigenvalue weighted by Gasteiger charge is -2.35. The maximum atomic E-state index is 2.51. The Morgan fingerprint density at radius 3 is 1.40 bits per heavy atom. The molecule has 0 amide bonds. The number of hydrogen-bond donors (Lipinski definition) is 0. The summed E-state index contributed by atoms with van der Waals surface area (Å²) < 4.78 is 0. The summed E-state index contributed by atoms with van der Waals surface area (Å²) in [5.41, 5.74) is 8.48. The van der Waals surface area contributed by atoms with Gasteiger partial charge in [0.2, 0.25) is 0 Å². The van der Waals surface area contributed by atoms with Gasteiger partial charge in [-0.2, -0.15) is 0 Å². The van der Waals surface area contributed by atoms with Gasteiger partial charge in [-0.25, -0.2) is 0 Å². The van der Waals surface area contributed by atoms with Crippen molar-refractivity contribution in [1.29, 1.82) is 0 Å². The van der Waals surface area contributed by atoms with E-state index in [1.165, 1.54) is 44.0 Å². The van der Waals surface area contributed by atoms with Crippen LogP contribution in [0.15, 0.2) is 152 Å². The van der Waals surface area contributed by atoms with Crippen LogP contribution in [0.1, 0.15) is 59.1 Å². The molecule has 48 heavy (non-hydrogen) atoms. The molecule has 2 heteroatoms. The smallest absolute Gasteiger partial charge is 0.0559 e. The van der Waals surface area contributed by atoms with Crippen molar-refractivity contribution < 1.29 is 0 Å². The van der Waals surface area contributed by atoms with Gasteiger partial charge in [-0.05, 0) is 111 Å². The maximum Gasteiger partial charge on any atom is 0.0559 e. The van der Waals surface area contributed by atoms with Crippen molar-refractivity contribution in [3.63, 3.8) is 0 Å². The lowest BCUT2D eigenvalue weighted by atomic mass is 9.74. The summed E-state index contributed by atoms with van der Waals surface area (Å²) in [4.78, 5) is 4.89. The molecule has 6 aromatic rings. The first-order chi connectivity index (χ1) is 23.1. The molecule has 0 aliphatic heterocycles. The molecule has 7 rings (SSSR count). The Kier molecular flexibility index (Phi) is 8.21. The number of benzene rings is 6. The molecule has 0 saturated carbocycles. The standard InChI is InChI=1S/C46H46N2/c1-45(2,3)43-39-29-27-37(47(33-19-11-7-12-20-33)34-21-13-8-14-22-34)31-41(39)44(46(4,5)6)42-32-38(28-30-40(42)43)48(35-23-15-9-16-24-35)36-25-17-10-18-26-36/h7-25,27-32,36H,26H2,1-6H3. The molecule has 1 aliphatic carbocycles. The summed E-state index contributed by atoms with van der Waals surface area (Å²) in [6.45, 7) is 14.2. The minimum absolute atomic E-state index is 0.0650. The molecule has 0 aromatic heterocycles. The highest BCUT2D eigenvalue weighted by atomic mass is 15.2. The molecular weight excluding hydrogens is 581 g/mol. The van der Waals surface area contributed by atoms with Gasteiger partial charge < -0.3 is 9.80 Å². The van der Waals surface area contributed by atoms with Crippen LogP contribution in [0.5, 0.6) is 0 Å². The van der Waals surface area contributed by atoms with Crippen molar-refractivity contribution in [2.24, 2.45) is 0 Å². The quantitative estimate of drug-likeness (QED) is 0.170. The molecule has 240 valence electrons. The second-order valence-electron chi connectivity index (χ2n) is 15.0. The van der Waals surface area contributed by atoms with Crippen molar-refractivity contribution in [1.82, 2.24) is 0 Å². The molecule has 6 aromatic carbocycles. The van der Waals surface area contributed by atoms with Gasteiger partial charge in [0.25, 0.3) is 0 Å². The predicted octanol–water partition coefficient (Wildman–Crippen LogP) is 13.1. The number of rotatable bonds is 6. The van der Waals surface area contributed by atoms with Gasteiger partial charge in [-0.1, -0.05) is 133 Å². The van der Waals surface area contributed by atoms with Gasteiger partial charge >= 0.3 is 0 Å². The largest absolute Gasteiger partial charge is 0.334 e. The third kappa shape index (κ3) is 5.92. The van der Waals surface area contributed by atoms with Crippen LogP contribution in [0.4, 0.5) is 28.4 Å². The van der Waals surface area contributed by atoms with Crippen LogP contribution >= 0.6 is 0 Å². The molecule has 0 radical (unpaired) electrons. The highest BCUT2D eigenvalue weighted by Gasteiger charge is 2.29. The molecule has 1 atom stereocenters. The van der Waals surface area contributed by atoms with Gasteiger partial charge in [-0.15, -0.1) is 0 Å². The Morgan fingerprint density at radius 2 is 0.917 bits per heavy atom. The van der Waals surface area contributed by atoms with E-state index >= 15 is 0 Å². The molecule has 1 unspecified atom stereocenters. The molecule has 2 nitrogen and oxygen atoms in total. The second kappa shape index (κ2) is 12.5. The third-order valence-corrected chi connectivity index (χ3v) is 9.47. The van der Waals surface area contributed by atoms with E-state index in [1.807, 2.05) is 0 Å². The second-order valence-corrected chi connectivity index (χ2v) is 15.0. The minimum Gasteiger partial charge on any atom is -0.334 e. The van der Waals surface area contributed by atoms with E-state index in [0.29, 0.717) is 0 Å². The zero-order valence-corrected chi connectivity index (χ0v) is 29.1. The fraction of sp³-hybridized carbons (Fsp3) is 0.217. The topological polar surface area (TPSA) is 6.48 Å². The van der Waals surface area contributed by atoms with Crippen LogP contribution in [0.25, 0.3) is 21.5 Å². The Balaban J connectivity index is 1.54. The van der Waals surface area contributed by atoms with E-state index in [2.05, 4.69) is 203 Å².